The minimum absolute atomic E-state index is 0.272. The fourth-order valence-electron chi connectivity index (χ4n) is 2.78. The van der Waals surface area contributed by atoms with Crippen LogP contribution in [0.25, 0.3) is 0 Å². The zero-order chi connectivity index (χ0) is 16.4. The number of halogens is 1. The number of nitrogens with zero attached hydrogens (tertiary/aromatic N) is 1. The monoisotopic (exact) mass is 369 g/mol. The second-order valence-corrected chi connectivity index (χ2v) is 7.63. The third kappa shape index (κ3) is 4.02. The van der Waals surface area contributed by atoms with Crippen LogP contribution in [-0.2, 0) is 15.1 Å². The molecule has 4 nitrogen and oxygen atoms in total. The Balaban J connectivity index is 2.19. The Hall–Kier alpha value is -1.07. The summed E-state index contributed by atoms with van der Waals surface area (Å²) in [4.78, 5) is 14.1. The molecule has 0 N–H and O–H groups in total. The number of methoxy groups -OCH3 is 1. The van der Waals surface area contributed by atoms with E-state index in [1.165, 1.54) is 0 Å². The number of amides is 1. The van der Waals surface area contributed by atoms with E-state index in [-0.39, 0.29) is 6.09 Å². The van der Waals surface area contributed by atoms with Crippen molar-refractivity contribution in [1.29, 1.82) is 0 Å². The van der Waals surface area contributed by atoms with Crippen LogP contribution in [0.5, 0.6) is 0 Å². The number of carbonyl (C=O) groups excluding carboxylic acids is 1. The predicted octanol–water partition coefficient (Wildman–Crippen LogP) is 4.32. The van der Waals surface area contributed by atoms with Gasteiger partial charge in [-0.3, -0.25) is 0 Å². The van der Waals surface area contributed by atoms with Gasteiger partial charge in [0, 0.05) is 18.1 Å². The largest absolute Gasteiger partial charge is 0.444 e. The van der Waals surface area contributed by atoms with Crippen molar-refractivity contribution in [2.45, 2.75) is 44.8 Å². The van der Waals surface area contributed by atoms with Crippen LogP contribution in [0.3, 0.4) is 0 Å². The highest BCUT2D eigenvalue weighted by atomic mass is 79.9. The third-order valence-electron chi connectivity index (χ3n) is 3.87. The predicted molar refractivity (Wildman–Crippen MR) is 89.9 cm³/mol. The van der Waals surface area contributed by atoms with E-state index >= 15 is 0 Å². The summed E-state index contributed by atoms with van der Waals surface area (Å²) in [7, 11) is 1.71. The van der Waals surface area contributed by atoms with Crippen molar-refractivity contribution in [3.05, 3.63) is 34.3 Å². The summed E-state index contributed by atoms with van der Waals surface area (Å²) in [5, 5.41) is 0. The molecule has 0 saturated carbocycles. The van der Waals surface area contributed by atoms with Crippen LogP contribution in [0, 0.1) is 0 Å². The van der Waals surface area contributed by atoms with Gasteiger partial charge in [0.15, 0.2) is 0 Å². The van der Waals surface area contributed by atoms with Crippen LogP contribution in [-0.4, -0.2) is 36.8 Å². The van der Waals surface area contributed by atoms with E-state index in [9.17, 15) is 4.79 Å². The van der Waals surface area contributed by atoms with Crippen LogP contribution in [0.4, 0.5) is 4.79 Å². The molecule has 0 bridgehead atoms. The van der Waals surface area contributed by atoms with Crippen LogP contribution in [0.1, 0.15) is 39.2 Å². The fourth-order valence-corrected chi connectivity index (χ4v) is 3.04. The molecule has 0 aromatic heterocycles. The number of piperidine rings is 1. The molecule has 1 atom stereocenters. The Morgan fingerprint density at radius 1 is 1.27 bits per heavy atom. The molecule has 1 fully saturated rings. The molecule has 1 aliphatic heterocycles. The number of rotatable bonds is 2. The number of hydrogen-bond acceptors (Lipinski definition) is 3. The molecule has 22 heavy (non-hydrogen) atoms. The fraction of sp³-hybridized carbons (Fsp3) is 0.588. The molecule has 5 heteroatoms. The molecule has 0 aliphatic carbocycles. The zero-order valence-corrected chi connectivity index (χ0v) is 15.3. The standard InChI is InChI=1S/C17H24BrNO3/c1-16(2,3)22-15(20)19-11-5-10-17(12-19,21-4)13-6-8-14(18)9-7-13/h6-9H,5,10-12H2,1-4H3. The lowest BCUT2D eigenvalue weighted by Crippen LogP contribution is -2.50. The third-order valence-corrected chi connectivity index (χ3v) is 4.40. The van der Waals surface area contributed by atoms with Gasteiger partial charge in [0.2, 0.25) is 0 Å². The first-order valence-electron chi connectivity index (χ1n) is 7.55. The van der Waals surface area contributed by atoms with Gasteiger partial charge < -0.3 is 14.4 Å². The molecule has 122 valence electrons. The first-order chi connectivity index (χ1) is 10.3. The van der Waals surface area contributed by atoms with Crippen molar-refractivity contribution in [3.8, 4) is 0 Å². The van der Waals surface area contributed by atoms with Crippen molar-refractivity contribution < 1.29 is 14.3 Å². The molecular formula is C17H24BrNO3. The summed E-state index contributed by atoms with van der Waals surface area (Å²) in [6.07, 6.45) is 1.51. The average molecular weight is 370 g/mol. The number of hydrogen-bond donors (Lipinski definition) is 0. The lowest BCUT2D eigenvalue weighted by Gasteiger charge is -2.42. The molecule has 0 radical (unpaired) electrons. The van der Waals surface area contributed by atoms with E-state index in [2.05, 4.69) is 15.9 Å². The first kappa shape index (κ1) is 17.3. The Kier molecular flexibility index (Phi) is 5.17. The van der Waals surface area contributed by atoms with Crippen molar-refractivity contribution in [1.82, 2.24) is 4.90 Å². The highest BCUT2D eigenvalue weighted by Crippen LogP contribution is 2.35. The van der Waals surface area contributed by atoms with E-state index in [1.807, 2.05) is 45.0 Å². The SMILES string of the molecule is COC1(c2ccc(Br)cc2)CCCN(C(=O)OC(C)(C)C)C1. The normalized spacial score (nSPS) is 22.5. The van der Waals surface area contributed by atoms with E-state index in [4.69, 9.17) is 9.47 Å². The van der Waals surface area contributed by atoms with Gasteiger partial charge in [-0.05, 0) is 51.3 Å². The topological polar surface area (TPSA) is 38.8 Å². The Morgan fingerprint density at radius 3 is 2.45 bits per heavy atom. The molecule has 1 saturated heterocycles. The van der Waals surface area contributed by atoms with E-state index in [1.54, 1.807) is 12.0 Å². The second-order valence-electron chi connectivity index (χ2n) is 6.71. The van der Waals surface area contributed by atoms with Crippen LogP contribution in [0.2, 0.25) is 0 Å². The maximum atomic E-state index is 12.3. The molecule has 0 spiro atoms. The Bertz CT molecular complexity index is 524. The molecule has 1 amide bonds. The van der Waals surface area contributed by atoms with Crippen molar-refractivity contribution in [2.75, 3.05) is 20.2 Å². The molecular weight excluding hydrogens is 346 g/mol. The van der Waals surface area contributed by atoms with Gasteiger partial charge in [0.05, 0.1) is 6.54 Å². The van der Waals surface area contributed by atoms with Crippen molar-refractivity contribution in [2.24, 2.45) is 0 Å². The highest BCUT2D eigenvalue weighted by Gasteiger charge is 2.40. The van der Waals surface area contributed by atoms with Gasteiger partial charge in [-0.1, -0.05) is 28.1 Å². The maximum Gasteiger partial charge on any atom is 0.410 e. The average Bonchev–Trinajstić information content (AvgIpc) is 2.46. The summed E-state index contributed by atoms with van der Waals surface area (Å²) in [5.41, 5.74) is 0.143. The van der Waals surface area contributed by atoms with Crippen molar-refractivity contribution in [3.63, 3.8) is 0 Å². The van der Waals surface area contributed by atoms with Gasteiger partial charge in [-0.25, -0.2) is 4.79 Å². The quantitative estimate of drug-likeness (QED) is 0.778. The van der Waals surface area contributed by atoms with Gasteiger partial charge in [0.25, 0.3) is 0 Å². The minimum Gasteiger partial charge on any atom is -0.444 e. The zero-order valence-electron chi connectivity index (χ0n) is 13.7. The van der Waals surface area contributed by atoms with E-state index in [0.717, 1.165) is 22.9 Å². The lowest BCUT2D eigenvalue weighted by molar-refractivity contribution is -0.0734. The van der Waals surface area contributed by atoms with Gasteiger partial charge in [0.1, 0.15) is 11.2 Å². The number of carbonyl (C=O) groups is 1. The molecule has 1 aromatic rings. The highest BCUT2D eigenvalue weighted by molar-refractivity contribution is 9.10. The maximum absolute atomic E-state index is 12.3. The molecule has 2 rings (SSSR count). The van der Waals surface area contributed by atoms with E-state index < -0.39 is 11.2 Å². The van der Waals surface area contributed by atoms with Gasteiger partial charge in [-0.15, -0.1) is 0 Å². The molecule has 1 unspecified atom stereocenters. The van der Waals surface area contributed by atoms with E-state index in [0.29, 0.717) is 13.1 Å². The summed E-state index contributed by atoms with van der Waals surface area (Å²) in [5.74, 6) is 0. The summed E-state index contributed by atoms with van der Waals surface area (Å²) in [6, 6.07) is 8.10. The van der Waals surface area contributed by atoms with Gasteiger partial charge >= 0.3 is 6.09 Å². The Morgan fingerprint density at radius 2 is 1.91 bits per heavy atom. The summed E-state index contributed by atoms with van der Waals surface area (Å²) < 4.78 is 12.4. The number of likely N-dealkylation sites (tertiary alicyclic amines) is 1. The molecule has 1 heterocycles. The lowest BCUT2D eigenvalue weighted by atomic mass is 9.85. The minimum atomic E-state index is -0.484. The van der Waals surface area contributed by atoms with Crippen LogP contribution >= 0.6 is 15.9 Å². The molecule has 1 aromatic carbocycles. The molecule has 1 aliphatic rings. The number of benzene rings is 1. The Labute approximate surface area is 140 Å². The first-order valence-corrected chi connectivity index (χ1v) is 8.34. The van der Waals surface area contributed by atoms with Crippen LogP contribution < -0.4 is 0 Å². The van der Waals surface area contributed by atoms with Crippen molar-refractivity contribution >= 4 is 22.0 Å². The van der Waals surface area contributed by atoms with Gasteiger partial charge in [-0.2, -0.15) is 0 Å². The smallest absolute Gasteiger partial charge is 0.410 e. The second kappa shape index (κ2) is 6.59. The summed E-state index contributed by atoms with van der Waals surface area (Å²) >= 11 is 3.45. The van der Waals surface area contributed by atoms with Crippen LogP contribution in [0.15, 0.2) is 28.7 Å². The number of ether oxygens (including phenoxy) is 2. The summed E-state index contributed by atoms with van der Waals surface area (Å²) in [6.45, 7) is 6.87.